The Morgan fingerprint density at radius 1 is 0.733 bits per heavy atom. The van der Waals surface area contributed by atoms with Gasteiger partial charge in [-0.3, -0.25) is 0 Å². The van der Waals surface area contributed by atoms with Crippen LogP contribution in [-0.4, -0.2) is 28.8 Å². The van der Waals surface area contributed by atoms with Gasteiger partial charge in [-0.05, 0) is 0 Å². The SMILES string of the molecule is FC(F)(F)C1(F)C(F)(F)C(F)(F)C1(F)Cl. The van der Waals surface area contributed by atoms with E-state index in [0.29, 0.717) is 0 Å². The Morgan fingerprint density at radius 3 is 1.20 bits per heavy atom. The van der Waals surface area contributed by atoms with Crippen LogP contribution in [-0.2, 0) is 0 Å². The second kappa shape index (κ2) is 2.49. The third-order valence-corrected chi connectivity index (χ3v) is 2.54. The molecule has 1 aliphatic rings. The monoisotopic (exact) mass is 266 g/mol. The van der Waals surface area contributed by atoms with Gasteiger partial charge in [0.05, 0.1) is 0 Å². The van der Waals surface area contributed by atoms with Gasteiger partial charge in [0.1, 0.15) is 0 Å². The lowest BCUT2D eigenvalue weighted by atomic mass is 9.70. The number of rotatable bonds is 0. The fourth-order valence-electron chi connectivity index (χ4n) is 1.12. The van der Waals surface area contributed by atoms with Gasteiger partial charge in [-0.1, -0.05) is 11.6 Å². The first-order valence-corrected chi connectivity index (χ1v) is 3.52. The molecule has 2 atom stereocenters. The van der Waals surface area contributed by atoms with E-state index in [-0.39, 0.29) is 0 Å². The minimum absolute atomic E-state index is 3.88. The van der Waals surface area contributed by atoms with Crippen LogP contribution in [0.4, 0.5) is 39.5 Å². The Bertz CT molecular complexity index is 271. The first-order chi connectivity index (χ1) is 6.25. The van der Waals surface area contributed by atoms with Crippen molar-refractivity contribution in [3.05, 3.63) is 0 Å². The first kappa shape index (κ1) is 12.7. The summed E-state index contributed by atoms with van der Waals surface area (Å²) in [6.45, 7) is 0. The van der Waals surface area contributed by atoms with Crippen molar-refractivity contribution in [2.75, 3.05) is 0 Å². The van der Waals surface area contributed by atoms with E-state index >= 15 is 0 Å². The van der Waals surface area contributed by atoms with Crippen LogP contribution in [0.15, 0.2) is 0 Å². The molecule has 0 heterocycles. The molecule has 0 radical (unpaired) electrons. The van der Waals surface area contributed by atoms with Gasteiger partial charge in [0, 0.05) is 0 Å². The van der Waals surface area contributed by atoms with Crippen molar-refractivity contribution in [1.29, 1.82) is 0 Å². The molecule has 0 aliphatic heterocycles. The Kier molecular flexibility index (Phi) is 2.11. The molecule has 0 amide bonds. The van der Waals surface area contributed by atoms with E-state index in [1.165, 1.54) is 0 Å². The molecular formula is C5ClF9. The second-order valence-electron chi connectivity index (χ2n) is 2.88. The van der Waals surface area contributed by atoms with Crippen LogP contribution in [0, 0.1) is 0 Å². The van der Waals surface area contributed by atoms with Gasteiger partial charge in [0.2, 0.25) is 0 Å². The predicted octanol–water partition coefficient (Wildman–Crippen LogP) is 3.45. The number of alkyl halides is 10. The molecule has 1 fully saturated rings. The maximum atomic E-state index is 12.6. The summed E-state index contributed by atoms with van der Waals surface area (Å²) in [5.41, 5.74) is -6.10. The smallest absolute Gasteiger partial charge is 0.221 e. The summed E-state index contributed by atoms with van der Waals surface area (Å²) < 4.78 is 109. The standard InChI is InChI=1S/C5ClF9/c6-2(8)1(7,5(13,14)15)3(9,10)4(2,11)12. The Labute approximate surface area is 81.0 Å². The molecule has 1 rings (SSSR count). The molecule has 0 N–H and O–H groups in total. The zero-order valence-corrected chi connectivity index (χ0v) is 7.04. The minimum Gasteiger partial charge on any atom is -0.221 e. The van der Waals surface area contributed by atoms with Gasteiger partial charge in [-0.25, -0.2) is 8.78 Å². The zero-order valence-electron chi connectivity index (χ0n) is 6.28. The lowest BCUT2D eigenvalue weighted by Gasteiger charge is -2.55. The highest BCUT2D eigenvalue weighted by atomic mass is 35.5. The topological polar surface area (TPSA) is 0 Å². The van der Waals surface area contributed by atoms with E-state index in [4.69, 9.17) is 0 Å². The van der Waals surface area contributed by atoms with Gasteiger partial charge < -0.3 is 0 Å². The largest absolute Gasteiger partial charge is 0.433 e. The minimum atomic E-state index is -6.55. The summed E-state index contributed by atoms with van der Waals surface area (Å²) in [6, 6.07) is 0. The number of hydrogen-bond donors (Lipinski definition) is 0. The average molecular weight is 266 g/mol. The summed E-state index contributed by atoms with van der Waals surface area (Å²) in [5.74, 6) is -12.2. The third kappa shape index (κ3) is 0.931. The fourth-order valence-corrected chi connectivity index (χ4v) is 1.47. The summed E-state index contributed by atoms with van der Waals surface area (Å²) >= 11 is 3.88. The molecule has 0 spiro atoms. The molecule has 0 saturated heterocycles. The summed E-state index contributed by atoms with van der Waals surface area (Å²) in [5, 5.41) is -5.51. The van der Waals surface area contributed by atoms with E-state index in [9.17, 15) is 39.5 Å². The van der Waals surface area contributed by atoms with Crippen LogP contribution >= 0.6 is 11.6 Å². The molecule has 0 nitrogen and oxygen atoms in total. The quantitative estimate of drug-likeness (QED) is 0.465. The van der Waals surface area contributed by atoms with E-state index in [2.05, 4.69) is 11.6 Å². The highest BCUT2D eigenvalue weighted by Crippen LogP contribution is 2.73. The Hall–Kier alpha value is -0.340. The maximum Gasteiger partial charge on any atom is 0.433 e. The normalized spacial score (nSPS) is 43.6. The molecule has 0 aromatic rings. The van der Waals surface area contributed by atoms with Crippen molar-refractivity contribution in [3.8, 4) is 0 Å². The molecule has 0 bridgehead atoms. The lowest BCUT2D eigenvalue weighted by molar-refractivity contribution is -0.469. The molecular weight excluding hydrogens is 266 g/mol. The van der Waals surface area contributed by atoms with Crippen LogP contribution < -0.4 is 0 Å². The number of hydrogen-bond acceptors (Lipinski definition) is 0. The molecule has 1 saturated carbocycles. The highest BCUT2D eigenvalue weighted by molar-refractivity contribution is 6.25. The van der Waals surface area contributed by atoms with Crippen molar-refractivity contribution in [1.82, 2.24) is 0 Å². The molecule has 90 valence electrons. The van der Waals surface area contributed by atoms with Crippen LogP contribution in [0.3, 0.4) is 0 Å². The third-order valence-electron chi connectivity index (χ3n) is 2.04. The van der Waals surface area contributed by atoms with E-state index < -0.39 is 28.8 Å². The van der Waals surface area contributed by atoms with E-state index in [1.54, 1.807) is 0 Å². The van der Waals surface area contributed by atoms with Crippen molar-refractivity contribution >= 4 is 11.6 Å². The van der Waals surface area contributed by atoms with Crippen LogP contribution in [0.5, 0.6) is 0 Å². The molecule has 10 heteroatoms. The van der Waals surface area contributed by atoms with Crippen LogP contribution in [0.2, 0.25) is 0 Å². The van der Waals surface area contributed by atoms with Crippen molar-refractivity contribution in [2.45, 2.75) is 28.8 Å². The van der Waals surface area contributed by atoms with Gasteiger partial charge in [-0.15, -0.1) is 0 Å². The summed E-state index contributed by atoms with van der Waals surface area (Å²) in [6.07, 6.45) is -6.55. The zero-order chi connectivity index (χ0) is 12.5. The van der Waals surface area contributed by atoms with Gasteiger partial charge >= 0.3 is 28.8 Å². The molecule has 0 aromatic heterocycles. The predicted molar refractivity (Wildman–Crippen MR) is 29.5 cm³/mol. The Balaban J connectivity index is 3.36. The van der Waals surface area contributed by atoms with Gasteiger partial charge in [0.15, 0.2) is 0 Å². The maximum absolute atomic E-state index is 12.6. The summed E-state index contributed by atoms with van der Waals surface area (Å²) in [4.78, 5) is 0. The molecule has 15 heavy (non-hydrogen) atoms. The average Bonchev–Trinajstić information content (AvgIpc) is 1.98. The van der Waals surface area contributed by atoms with Crippen molar-refractivity contribution in [3.63, 3.8) is 0 Å². The van der Waals surface area contributed by atoms with Crippen molar-refractivity contribution < 1.29 is 39.5 Å². The van der Waals surface area contributed by atoms with Gasteiger partial charge in [0.25, 0.3) is 0 Å². The molecule has 2 unspecified atom stereocenters. The van der Waals surface area contributed by atoms with E-state index in [0.717, 1.165) is 0 Å². The molecule has 1 aliphatic carbocycles. The van der Waals surface area contributed by atoms with Crippen LogP contribution in [0.1, 0.15) is 0 Å². The van der Waals surface area contributed by atoms with Crippen molar-refractivity contribution in [2.24, 2.45) is 0 Å². The Morgan fingerprint density at radius 2 is 1.07 bits per heavy atom. The summed E-state index contributed by atoms with van der Waals surface area (Å²) in [7, 11) is 0. The number of halogens is 10. The lowest BCUT2D eigenvalue weighted by Crippen LogP contribution is -2.88. The fraction of sp³-hybridized carbons (Fsp3) is 1.00. The van der Waals surface area contributed by atoms with E-state index in [1.807, 2.05) is 0 Å². The second-order valence-corrected chi connectivity index (χ2v) is 3.40. The first-order valence-electron chi connectivity index (χ1n) is 3.14. The van der Waals surface area contributed by atoms with Crippen LogP contribution in [0.25, 0.3) is 0 Å². The molecule has 0 aromatic carbocycles. The van der Waals surface area contributed by atoms with Gasteiger partial charge in [-0.2, -0.15) is 30.7 Å². The highest BCUT2D eigenvalue weighted by Gasteiger charge is 3.04.